The van der Waals surface area contributed by atoms with Gasteiger partial charge in [0.1, 0.15) is 23.9 Å². The van der Waals surface area contributed by atoms with Gasteiger partial charge in [-0.3, -0.25) is 29.2 Å². The number of hydrogen-bond acceptors (Lipinski definition) is 10. The molecule has 2 aromatic carbocycles. The Morgan fingerprint density at radius 1 is 1.01 bits per heavy atom. The molecule has 68 heavy (non-hydrogen) atoms. The number of fused-ring (bicyclic) bond motifs is 6. The Morgan fingerprint density at radius 2 is 1.78 bits per heavy atom. The van der Waals surface area contributed by atoms with Crippen LogP contribution in [-0.2, 0) is 43.3 Å². The number of nitrogens with zero attached hydrogens (tertiary/aromatic N) is 6. The van der Waals surface area contributed by atoms with Crippen LogP contribution in [0.1, 0.15) is 90.5 Å². The van der Waals surface area contributed by atoms with Crippen LogP contribution in [0.4, 0.5) is 4.79 Å². The molecule has 0 radical (unpaired) electrons. The second kappa shape index (κ2) is 19.5. The molecule has 0 spiro atoms. The number of phenolic OH excluding ortho intramolecular Hbond substituents is 1. The van der Waals surface area contributed by atoms with Crippen molar-refractivity contribution in [2.45, 2.75) is 123 Å². The summed E-state index contributed by atoms with van der Waals surface area (Å²) < 4.78 is 8.46. The quantitative estimate of drug-likeness (QED) is 0.124. The highest BCUT2D eigenvalue weighted by atomic mass is 16.5. The van der Waals surface area contributed by atoms with Crippen LogP contribution in [0.15, 0.2) is 54.7 Å². The third-order valence-corrected chi connectivity index (χ3v) is 14.1. The van der Waals surface area contributed by atoms with Crippen LogP contribution in [0.3, 0.4) is 0 Å². The SMILES string of the molecule is CCn1c(-c2cccnc2C(C)C)c2c3cc(ccc31)-c1cc(O)cc(c1)C[C@H](NC(=O)[C@H](C(C)C)N(C)C(=O)N1CC[C@H](N(C)C(=O)[C@H]3CN3)C1)C(=O)N1CCC[C@H](N1)C(=O)OCC(C)(C)C2. The summed E-state index contributed by atoms with van der Waals surface area (Å²) in [6, 6.07) is 12.1. The number of amides is 5. The number of urea groups is 1. The number of cyclic esters (lactones) is 1. The molecule has 4 N–H and O–H groups in total. The molecule has 6 heterocycles. The van der Waals surface area contributed by atoms with Crippen molar-refractivity contribution in [1.29, 1.82) is 0 Å². The van der Waals surface area contributed by atoms with Crippen molar-refractivity contribution in [3.63, 3.8) is 0 Å². The molecule has 0 unspecified atom stereocenters. The van der Waals surface area contributed by atoms with E-state index < -0.39 is 41.3 Å². The number of esters is 1. The van der Waals surface area contributed by atoms with Crippen molar-refractivity contribution in [2.75, 3.05) is 46.9 Å². The Bertz CT molecular complexity index is 2580. The van der Waals surface area contributed by atoms with Gasteiger partial charge in [-0.2, -0.15) is 0 Å². The summed E-state index contributed by atoms with van der Waals surface area (Å²) in [5, 5.41) is 19.9. The number of rotatable bonds is 9. The van der Waals surface area contributed by atoms with Crippen molar-refractivity contribution in [1.82, 2.24) is 45.3 Å². The molecule has 0 aliphatic carbocycles. The van der Waals surface area contributed by atoms with E-state index in [9.17, 15) is 29.1 Å². The summed E-state index contributed by atoms with van der Waals surface area (Å²) in [4.78, 5) is 79.9. The van der Waals surface area contributed by atoms with Gasteiger partial charge in [0.15, 0.2) is 0 Å². The fraction of sp³-hybridized carbons (Fsp3) is 0.538. The van der Waals surface area contributed by atoms with Crippen molar-refractivity contribution in [2.24, 2.45) is 11.3 Å². The highest BCUT2D eigenvalue weighted by Crippen LogP contribution is 2.42. The molecule has 3 fully saturated rings. The molecule has 4 aromatic rings. The maximum absolute atomic E-state index is 14.8. The summed E-state index contributed by atoms with van der Waals surface area (Å²) >= 11 is 0. The molecule has 5 atom stereocenters. The van der Waals surface area contributed by atoms with Crippen molar-refractivity contribution in [3.05, 3.63) is 71.5 Å². The number of aryl methyl sites for hydroxylation is 1. The summed E-state index contributed by atoms with van der Waals surface area (Å²) in [6.07, 6.45) is 4.01. The largest absolute Gasteiger partial charge is 0.508 e. The zero-order valence-electron chi connectivity index (χ0n) is 41.1. The summed E-state index contributed by atoms with van der Waals surface area (Å²) in [5.74, 6) is -1.61. The van der Waals surface area contributed by atoms with Gasteiger partial charge in [0.05, 0.1) is 30.1 Å². The van der Waals surface area contributed by atoms with Gasteiger partial charge in [-0.25, -0.2) is 10.2 Å². The van der Waals surface area contributed by atoms with E-state index in [2.05, 4.69) is 73.4 Å². The normalized spacial score (nSPS) is 22.2. The first kappa shape index (κ1) is 48.5. The second-order valence-electron chi connectivity index (χ2n) is 20.7. The zero-order chi connectivity index (χ0) is 48.8. The summed E-state index contributed by atoms with van der Waals surface area (Å²) in [6.45, 7) is 16.9. The molecule has 16 nitrogen and oxygen atoms in total. The topological polar surface area (TPSA) is 192 Å². The number of phenols is 1. The number of likely N-dealkylation sites (tertiary alicyclic amines) is 1. The van der Waals surface area contributed by atoms with Gasteiger partial charge >= 0.3 is 12.0 Å². The number of pyridine rings is 1. The fourth-order valence-electron chi connectivity index (χ4n) is 10.5. The Hall–Kier alpha value is -6.00. The van der Waals surface area contributed by atoms with E-state index in [0.717, 1.165) is 44.5 Å². The smallest absolute Gasteiger partial charge is 0.324 e. The molecule has 6 bridgehead atoms. The van der Waals surface area contributed by atoms with Crippen LogP contribution in [-0.4, -0.2) is 141 Å². The van der Waals surface area contributed by atoms with Crippen molar-refractivity contribution < 1.29 is 33.8 Å². The third kappa shape index (κ3) is 9.93. The number of hydrogen-bond donors (Lipinski definition) is 4. The number of carbonyl (C=O) groups excluding carboxylic acids is 5. The van der Waals surface area contributed by atoms with Crippen LogP contribution < -0.4 is 16.1 Å². The fourth-order valence-corrected chi connectivity index (χ4v) is 10.5. The van der Waals surface area contributed by atoms with Gasteiger partial charge in [-0.15, -0.1) is 0 Å². The molecule has 4 aliphatic heterocycles. The molecule has 5 amide bonds. The number of nitrogens with one attached hydrogen (secondary N) is 3. The van der Waals surface area contributed by atoms with Crippen molar-refractivity contribution in [3.8, 4) is 28.1 Å². The summed E-state index contributed by atoms with van der Waals surface area (Å²) in [5.41, 5.74) is 10.1. The van der Waals surface area contributed by atoms with Gasteiger partial charge in [-0.05, 0) is 103 Å². The Labute approximate surface area is 399 Å². The number of aromatic hydroxyl groups is 1. The molecule has 2 aromatic heterocycles. The van der Waals surface area contributed by atoms with Gasteiger partial charge in [0.25, 0.3) is 5.91 Å². The molecule has 16 heteroatoms. The number of ether oxygens (including phenoxy) is 1. The highest BCUT2D eigenvalue weighted by molar-refractivity contribution is 5.96. The van der Waals surface area contributed by atoms with Crippen LogP contribution in [0.2, 0.25) is 0 Å². The number of likely N-dealkylation sites (N-methyl/N-ethyl adjacent to an activating group) is 2. The number of benzene rings is 2. The van der Waals surface area contributed by atoms with Gasteiger partial charge in [0.2, 0.25) is 11.8 Å². The molecule has 3 saturated heterocycles. The van der Waals surface area contributed by atoms with E-state index in [1.807, 2.05) is 38.2 Å². The Kier molecular flexibility index (Phi) is 13.9. The van der Waals surface area contributed by atoms with Gasteiger partial charge < -0.3 is 39.7 Å². The van der Waals surface area contributed by atoms with E-state index in [1.54, 1.807) is 36.0 Å². The van der Waals surface area contributed by atoms with Crippen LogP contribution in [0, 0.1) is 11.3 Å². The molecular formula is C52H69N9O7. The lowest BCUT2D eigenvalue weighted by Crippen LogP contribution is -2.62. The average molecular weight is 932 g/mol. The average Bonchev–Trinajstić information content (AvgIpc) is 3.97. The molecule has 4 aliphatic rings. The highest BCUT2D eigenvalue weighted by Gasteiger charge is 2.41. The third-order valence-electron chi connectivity index (χ3n) is 14.1. The van der Waals surface area contributed by atoms with Gasteiger partial charge in [0, 0.05) is 81.3 Å². The minimum absolute atomic E-state index is 0.00277. The lowest BCUT2D eigenvalue weighted by atomic mass is 9.83. The van der Waals surface area contributed by atoms with E-state index in [4.69, 9.17) is 9.72 Å². The standard InChI is InChI=1S/C52H69N9O7/c1-10-60-43-16-15-33-25-38(43)39(46(60)37-13-11-18-53-44(37)30(2)3)26-52(6,7)29-68-50(66)40-14-12-19-61(56-40)49(65)41(23-32-21-34(33)24-36(62)22-32)55-47(63)45(31(4)5)58(9)51(67)59-20-17-35(28-59)57(8)48(64)42-27-54-42/h11,13,15-16,18,21-22,24-25,30-31,35,40-42,45,54,56,62H,10,12,14,17,19-20,23,26-29H2,1-9H3,(H,55,63)/t35-,40-,41-,42+,45-/m0/s1. The second-order valence-corrected chi connectivity index (χ2v) is 20.7. The minimum atomic E-state index is -1.15. The van der Waals surface area contributed by atoms with E-state index in [-0.39, 0.29) is 61.2 Å². The maximum atomic E-state index is 14.8. The number of hydrazine groups is 1. The first-order valence-corrected chi connectivity index (χ1v) is 24.4. The van der Waals surface area contributed by atoms with Crippen LogP contribution in [0.5, 0.6) is 5.75 Å². The van der Waals surface area contributed by atoms with E-state index >= 15 is 0 Å². The monoisotopic (exact) mass is 932 g/mol. The molecular weight excluding hydrogens is 863 g/mol. The number of aromatic nitrogens is 2. The lowest BCUT2D eigenvalue weighted by Gasteiger charge is -2.37. The molecule has 364 valence electrons. The first-order valence-electron chi connectivity index (χ1n) is 24.4. The maximum Gasteiger partial charge on any atom is 0.324 e. The lowest BCUT2D eigenvalue weighted by molar-refractivity contribution is -0.155. The van der Waals surface area contributed by atoms with Gasteiger partial charge in [-0.1, -0.05) is 53.7 Å². The van der Waals surface area contributed by atoms with Crippen LogP contribution >= 0.6 is 0 Å². The van der Waals surface area contributed by atoms with Crippen LogP contribution in [0.25, 0.3) is 33.3 Å². The van der Waals surface area contributed by atoms with E-state index in [0.29, 0.717) is 57.4 Å². The summed E-state index contributed by atoms with van der Waals surface area (Å²) in [7, 11) is 3.36. The Balaban J connectivity index is 1.16. The first-order chi connectivity index (χ1) is 32.3. The zero-order valence-corrected chi connectivity index (χ0v) is 41.1. The predicted octanol–water partition coefficient (Wildman–Crippen LogP) is 5.45. The predicted molar refractivity (Wildman–Crippen MR) is 260 cm³/mol. The Morgan fingerprint density at radius 3 is 2.49 bits per heavy atom. The van der Waals surface area contributed by atoms with Crippen molar-refractivity contribution >= 4 is 40.6 Å². The minimum Gasteiger partial charge on any atom is -0.508 e. The van der Waals surface area contributed by atoms with E-state index in [1.165, 1.54) is 9.91 Å². The molecule has 8 rings (SSSR count). The molecule has 0 saturated carbocycles. The number of carbonyl (C=O) groups is 5.